The molecule has 0 saturated carbocycles. The summed E-state index contributed by atoms with van der Waals surface area (Å²) in [6.45, 7) is 2.15. The zero-order valence-electron chi connectivity index (χ0n) is 9.65. The SMILES string of the molecule is O=c1cc(CC2CCCNC2)nc2cc[nH]n12. The van der Waals surface area contributed by atoms with Crippen LogP contribution >= 0.6 is 0 Å². The summed E-state index contributed by atoms with van der Waals surface area (Å²) in [5.41, 5.74) is 1.58. The molecule has 1 fully saturated rings. The summed E-state index contributed by atoms with van der Waals surface area (Å²) in [5, 5.41) is 6.23. The van der Waals surface area contributed by atoms with Gasteiger partial charge in [-0.05, 0) is 38.3 Å². The molecule has 2 aromatic heterocycles. The monoisotopic (exact) mass is 232 g/mol. The Hall–Kier alpha value is -1.62. The Morgan fingerprint density at radius 2 is 2.47 bits per heavy atom. The predicted octanol–water partition coefficient (Wildman–Crippen LogP) is 0.565. The van der Waals surface area contributed by atoms with E-state index < -0.39 is 0 Å². The minimum atomic E-state index is -0.0289. The van der Waals surface area contributed by atoms with E-state index in [0.717, 1.165) is 25.2 Å². The van der Waals surface area contributed by atoms with Gasteiger partial charge in [0.2, 0.25) is 0 Å². The maximum atomic E-state index is 11.8. The van der Waals surface area contributed by atoms with Crippen LogP contribution in [0.3, 0.4) is 0 Å². The Morgan fingerprint density at radius 3 is 3.29 bits per heavy atom. The van der Waals surface area contributed by atoms with Gasteiger partial charge in [0.05, 0.1) is 0 Å². The number of aromatic nitrogens is 3. The summed E-state index contributed by atoms with van der Waals surface area (Å²) in [7, 11) is 0. The molecule has 1 unspecified atom stereocenters. The minimum Gasteiger partial charge on any atom is -0.316 e. The molecule has 1 aliphatic rings. The van der Waals surface area contributed by atoms with Crippen molar-refractivity contribution in [2.24, 2.45) is 5.92 Å². The Kier molecular flexibility index (Phi) is 2.68. The first-order valence-electron chi connectivity index (χ1n) is 6.10. The van der Waals surface area contributed by atoms with Gasteiger partial charge >= 0.3 is 0 Å². The molecule has 0 bridgehead atoms. The van der Waals surface area contributed by atoms with Crippen LogP contribution in [0, 0.1) is 5.92 Å². The van der Waals surface area contributed by atoms with Gasteiger partial charge in [-0.25, -0.2) is 9.50 Å². The molecular formula is C12H16N4O. The van der Waals surface area contributed by atoms with Gasteiger partial charge in [0.25, 0.3) is 5.56 Å². The Morgan fingerprint density at radius 1 is 1.53 bits per heavy atom. The van der Waals surface area contributed by atoms with E-state index in [1.807, 2.05) is 6.07 Å². The zero-order valence-corrected chi connectivity index (χ0v) is 9.65. The number of hydrogen-bond acceptors (Lipinski definition) is 3. The second-order valence-electron chi connectivity index (χ2n) is 4.66. The lowest BCUT2D eigenvalue weighted by molar-refractivity contribution is 0.373. The van der Waals surface area contributed by atoms with Crippen LogP contribution in [0.2, 0.25) is 0 Å². The summed E-state index contributed by atoms with van der Waals surface area (Å²) in [6, 6.07) is 3.46. The molecule has 0 aliphatic carbocycles. The Bertz CT molecular complexity index is 565. The van der Waals surface area contributed by atoms with Gasteiger partial charge in [0.1, 0.15) is 0 Å². The van der Waals surface area contributed by atoms with E-state index in [4.69, 9.17) is 0 Å². The summed E-state index contributed by atoms with van der Waals surface area (Å²) in [4.78, 5) is 16.3. The fraction of sp³-hybridized carbons (Fsp3) is 0.500. The largest absolute Gasteiger partial charge is 0.316 e. The second kappa shape index (κ2) is 4.33. The molecule has 1 atom stereocenters. The summed E-state index contributed by atoms with van der Waals surface area (Å²) < 4.78 is 1.46. The fourth-order valence-corrected chi connectivity index (χ4v) is 2.48. The third-order valence-corrected chi connectivity index (χ3v) is 3.33. The number of H-pyrrole nitrogens is 1. The quantitative estimate of drug-likeness (QED) is 0.795. The fourth-order valence-electron chi connectivity index (χ4n) is 2.48. The Labute approximate surface area is 98.9 Å². The summed E-state index contributed by atoms with van der Waals surface area (Å²) in [5.74, 6) is 0.608. The van der Waals surface area contributed by atoms with Crippen LogP contribution in [0.5, 0.6) is 0 Å². The molecule has 3 heterocycles. The highest BCUT2D eigenvalue weighted by atomic mass is 16.1. The molecule has 5 nitrogen and oxygen atoms in total. The molecule has 1 saturated heterocycles. The van der Waals surface area contributed by atoms with Crippen LogP contribution in [0.15, 0.2) is 23.1 Å². The molecule has 0 spiro atoms. The number of rotatable bonds is 2. The lowest BCUT2D eigenvalue weighted by Crippen LogP contribution is -2.31. The van der Waals surface area contributed by atoms with Gasteiger partial charge in [-0.1, -0.05) is 0 Å². The first-order chi connectivity index (χ1) is 8.33. The van der Waals surface area contributed by atoms with E-state index in [9.17, 15) is 4.79 Å². The standard InChI is InChI=1S/C12H16N4O/c17-12-7-10(6-9-2-1-4-13-8-9)15-11-3-5-14-16(11)12/h3,5,7,9,13-14H,1-2,4,6,8H2. The van der Waals surface area contributed by atoms with Crippen molar-refractivity contribution in [1.29, 1.82) is 0 Å². The van der Waals surface area contributed by atoms with Crippen LogP contribution < -0.4 is 10.9 Å². The lowest BCUT2D eigenvalue weighted by atomic mass is 9.95. The van der Waals surface area contributed by atoms with Crippen molar-refractivity contribution < 1.29 is 0 Å². The number of nitrogens with zero attached hydrogens (tertiary/aromatic N) is 2. The number of nitrogens with one attached hydrogen (secondary N) is 2. The van der Waals surface area contributed by atoms with Crippen LogP contribution in [-0.2, 0) is 6.42 Å². The van der Waals surface area contributed by atoms with Crippen LogP contribution in [0.1, 0.15) is 18.5 Å². The van der Waals surface area contributed by atoms with Gasteiger partial charge in [0, 0.05) is 24.0 Å². The van der Waals surface area contributed by atoms with E-state index in [0.29, 0.717) is 11.6 Å². The molecule has 2 N–H and O–H groups in total. The van der Waals surface area contributed by atoms with Gasteiger partial charge in [-0.3, -0.25) is 9.89 Å². The van der Waals surface area contributed by atoms with Crippen molar-refractivity contribution in [1.82, 2.24) is 19.9 Å². The maximum Gasteiger partial charge on any atom is 0.272 e. The number of aromatic amines is 1. The van der Waals surface area contributed by atoms with Crippen molar-refractivity contribution in [3.05, 3.63) is 34.4 Å². The molecule has 2 aromatic rings. The van der Waals surface area contributed by atoms with Gasteiger partial charge < -0.3 is 5.32 Å². The zero-order chi connectivity index (χ0) is 11.7. The highest BCUT2D eigenvalue weighted by molar-refractivity contribution is 5.36. The molecule has 0 radical (unpaired) electrons. The molecule has 3 rings (SSSR count). The summed E-state index contributed by atoms with van der Waals surface area (Å²) in [6.07, 6.45) is 5.07. The molecule has 90 valence electrons. The van der Waals surface area contributed by atoms with Crippen molar-refractivity contribution >= 4 is 5.65 Å². The maximum absolute atomic E-state index is 11.8. The molecule has 17 heavy (non-hydrogen) atoms. The van der Waals surface area contributed by atoms with Crippen LogP contribution in [0.25, 0.3) is 5.65 Å². The third kappa shape index (κ3) is 2.10. The topological polar surface area (TPSA) is 62.2 Å². The predicted molar refractivity (Wildman–Crippen MR) is 65.1 cm³/mol. The van der Waals surface area contributed by atoms with Crippen molar-refractivity contribution in [2.75, 3.05) is 13.1 Å². The third-order valence-electron chi connectivity index (χ3n) is 3.33. The lowest BCUT2D eigenvalue weighted by Gasteiger charge is -2.22. The van der Waals surface area contributed by atoms with E-state index in [-0.39, 0.29) is 5.56 Å². The average Bonchev–Trinajstić information content (AvgIpc) is 2.79. The van der Waals surface area contributed by atoms with Gasteiger partial charge in [0.15, 0.2) is 5.65 Å². The smallest absolute Gasteiger partial charge is 0.272 e. The number of fused-ring (bicyclic) bond motifs is 1. The molecule has 5 heteroatoms. The molecule has 1 aliphatic heterocycles. The first-order valence-corrected chi connectivity index (χ1v) is 6.10. The van der Waals surface area contributed by atoms with Gasteiger partial charge in [-0.15, -0.1) is 0 Å². The highest BCUT2D eigenvalue weighted by Crippen LogP contribution is 2.14. The van der Waals surface area contributed by atoms with Crippen LogP contribution in [0.4, 0.5) is 0 Å². The molecule has 0 amide bonds. The minimum absolute atomic E-state index is 0.0289. The van der Waals surface area contributed by atoms with Crippen molar-refractivity contribution in [2.45, 2.75) is 19.3 Å². The number of hydrogen-bond donors (Lipinski definition) is 2. The summed E-state index contributed by atoms with van der Waals surface area (Å²) >= 11 is 0. The van der Waals surface area contributed by atoms with E-state index >= 15 is 0 Å². The van der Waals surface area contributed by atoms with Crippen molar-refractivity contribution in [3.8, 4) is 0 Å². The van der Waals surface area contributed by atoms with Crippen LogP contribution in [-0.4, -0.2) is 27.7 Å². The molecular weight excluding hydrogens is 216 g/mol. The van der Waals surface area contributed by atoms with E-state index in [2.05, 4.69) is 15.4 Å². The first kappa shape index (κ1) is 10.5. The van der Waals surface area contributed by atoms with E-state index in [1.54, 1.807) is 12.3 Å². The van der Waals surface area contributed by atoms with Crippen molar-refractivity contribution in [3.63, 3.8) is 0 Å². The molecule has 0 aromatic carbocycles. The normalized spacial score (nSPS) is 20.8. The highest BCUT2D eigenvalue weighted by Gasteiger charge is 2.15. The second-order valence-corrected chi connectivity index (χ2v) is 4.66. The Balaban J connectivity index is 1.87. The van der Waals surface area contributed by atoms with E-state index in [1.165, 1.54) is 17.4 Å². The van der Waals surface area contributed by atoms with Gasteiger partial charge in [-0.2, -0.15) is 0 Å². The number of piperidine rings is 1. The average molecular weight is 232 g/mol.